The van der Waals surface area contributed by atoms with Gasteiger partial charge in [0.2, 0.25) is 5.91 Å². The normalized spacial score (nSPS) is 12.7. The van der Waals surface area contributed by atoms with E-state index in [0.717, 1.165) is 44.9 Å². The third kappa shape index (κ3) is 55.5. The van der Waals surface area contributed by atoms with E-state index in [0.29, 0.717) is 19.4 Å². The zero-order chi connectivity index (χ0) is 50.0. The lowest BCUT2D eigenvalue weighted by Crippen LogP contribution is -2.45. The number of unbranched alkanes of at least 4 members (excludes halogenated alkanes) is 45. The standard InChI is InChI=1S/C63H121NO5/c1-3-5-7-9-11-13-15-16-17-18-28-31-34-37-41-45-49-53-57-63(68)69-58-54-50-46-42-38-35-32-29-26-24-22-20-19-21-23-25-27-30-33-36-40-44-48-52-56-62(67)64-60(59-65)61(66)55-51-47-43-39-14-12-10-8-6-4-2/h17-18,51,55,60-61,65-66H,3-16,19-50,52-54,56-59H2,1-2H3,(H,64,67)/b18-17-,55-51+. The number of hydrogen-bond acceptors (Lipinski definition) is 5. The fraction of sp³-hybridized carbons (Fsp3) is 0.905. The second-order valence-corrected chi connectivity index (χ2v) is 21.4. The van der Waals surface area contributed by atoms with Crippen molar-refractivity contribution < 1.29 is 24.5 Å². The zero-order valence-corrected chi connectivity index (χ0v) is 46.6. The summed E-state index contributed by atoms with van der Waals surface area (Å²) in [5.74, 6) is -0.0556. The lowest BCUT2D eigenvalue weighted by atomic mass is 10.0. The summed E-state index contributed by atoms with van der Waals surface area (Å²) in [4.78, 5) is 24.5. The van der Waals surface area contributed by atoms with Crippen LogP contribution in [0.25, 0.3) is 0 Å². The van der Waals surface area contributed by atoms with Gasteiger partial charge in [0.1, 0.15) is 0 Å². The number of rotatable bonds is 58. The molecular formula is C63H121NO5. The molecule has 0 spiro atoms. The molecule has 0 aliphatic carbocycles. The molecule has 0 aromatic heterocycles. The Labute approximate surface area is 431 Å². The molecule has 3 N–H and O–H groups in total. The number of aliphatic hydroxyl groups excluding tert-OH is 2. The van der Waals surface area contributed by atoms with Gasteiger partial charge in [-0.3, -0.25) is 9.59 Å². The Morgan fingerprint density at radius 1 is 0.391 bits per heavy atom. The van der Waals surface area contributed by atoms with E-state index in [1.165, 1.54) is 270 Å². The van der Waals surface area contributed by atoms with Crippen LogP contribution < -0.4 is 5.32 Å². The predicted molar refractivity (Wildman–Crippen MR) is 301 cm³/mol. The number of carbonyl (C=O) groups is 2. The lowest BCUT2D eigenvalue weighted by Gasteiger charge is -2.20. The summed E-state index contributed by atoms with van der Waals surface area (Å²) in [6, 6.07) is -0.625. The molecular weight excluding hydrogens is 851 g/mol. The molecule has 69 heavy (non-hydrogen) atoms. The minimum Gasteiger partial charge on any atom is -0.466 e. The molecule has 0 aromatic rings. The third-order valence-corrected chi connectivity index (χ3v) is 14.5. The topological polar surface area (TPSA) is 95.9 Å². The molecule has 0 bridgehead atoms. The van der Waals surface area contributed by atoms with E-state index in [-0.39, 0.29) is 18.5 Å². The summed E-state index contributed by atoms with van der Waals surface area (Å²) in [5.41, 5.74) is 0. The zero-order valence-electron chi connectivity index (χ0n) is 46.6. The van der Waals surface area contributed by atoms with Gasteiger partial charge in [-0.15, -0.1) is 0 Å². The van der Waals surface area contributed by atoms with Crippen molar-refractivity contribution in [3.63, 3.8) is 0 Å². The quantitative estimate of drug-likeness (QED) is 0.0321. The van der Waals surface area contributed by atoms with E-state index in [2.05, 4.69) is 31.3 Å². The Kier molecular flexibility index (Phi) is 57.5. The average Bonchev–Trinajstić information content (AvgIpc) is 3.35. The highest BCUT2D eigenvalue weighted by Crippen LogP contribution is 2.18. The van der Waals surface area contributed by atoms with Gasteiger partial charge in [-0.1, -0.05) is 295 Å². The number of hydrogen-bond donors (Lipinski definition) is 3. The van der Waals surface area contributed by atoms with Crippen molar-refractivity contribution >= 4 is 11.9 Å². The van der Waals surface area contributed by atoms with Crippen LogP contribution >= 0.6 is 0 Å². The molecule has 0 saturated heterocycles. The maximum Gasteiger partial charge on any atom is 0.305 e. The third-order valence-electron chi connectivity index (χ3n) is 14.5. The fourth-order valence-electron chi connectivity index (χ4n) is 9.69. The van der Waals surface area contributed by atoms with Gasteiger partial charge in [-0.2, -0.15) is 0 Å². The molecule has 2 unspecified atom stereocenters. The Morgan fingerprint density at radius 3 is 1.03 bits per heavy atom. The Balaban J connectivity index is 3.34. The molecule has 0 aliphatic heterocycles. The van der Waals surface area contributed by atoms with Gasteiger partial charge < -0.3 is 20.3 Å². The van der Waals surface area contributed by atoms with Crippen LogP contribution in [0.2, 0.25) is 0 Å². The maximum atomic E-state index is 12.4. The van der Waals surface area contributed by atoms with E-state index in [1.807, 2.05) is 6.08 Å². The second-order valence-electron chi connectivity index (χ2n) is 21.4. The molecule has 0 fully saturated rings. The van der Waals surface area contributed by atoms with Gasteiger partial charge in [0, 0.05) is 12.8 Å². The van der Waals surface area contributed by atoms with Gasteiger partial charge in [0.25, 0.3) is 0 Å². The molecule has 1 amide bonds. The molecule has 0 heterocycles. The van der Waals surface area contributed by atoms with Gasteiger partial charge in [-0.05, 0) is 57.8 Å². The largest absolute Gasteiger partial charge is 0.466 e. The number of esters is 1. The first-order valence-corrected chi connectivity index (χ1v) is 31.1. The van der Waals surface area contributed by atoms with Crippen molar-refractivity contribution in [1.82, 2.24) is 5.32 Å². The van der Waals surface area contributed by atoms with Crippen LogP contribution in [0.3, 0.4) is 0 Å². The van der Waals surface area contributed by atoms with Crippen LogP contribution in [0.1, 0.15) is 341 Å². The van der Waals surface area contributed by atoms with E-state index in [9.17, 15) is 19.8 Å². The van der Waals surface area contributed by atoms with Crippen molar-refractivity contribution in [3.8, 4) is 0 Å². The molecule has 6 nitrogen and oxygen atoms in total. The summed E-state index contributed by atoms with van der Waals surface area (Å²) >= 11 is 0. The van der Waals surface area contributed by atoms with E-state index in [1.54, 1.807) is 6.08 Å². The highest BCUT2D eigenvalue weighted by molar-refractivity contribution is 5.76. The first-order chi connectivity index (χ1) is 34.0. The molecule has 6 heteroatoms. The number of aliphatic hydroxyl groups is 2. The van der Waals surface area contributed by atoms with E-state index in [4.69, 9.17) is 4.74 Å². The van der Waals surface area contributed by atoms with E-state index < -0.39 is 12.1 Å². The molecule has 0 saturated carbocycles. The Bertz CT molecular complexity index is 1080. The summed E-state index contributed by atoms with van der Waals surface area (Å²) < 4.78 is 5.50. The minimum absolute atomic E-state index is 0.0122. The van der Waals surface area contributed by atoms with Crippen LogP contribution in [-0.2, 0) is 14.3 Å². The Hall–Kier alpha value is -1.66. The predicted octanol–water partition coefficient (Wildman–Crippen LogP) is 19.4. The average molecular weight is 973 g/mol. The van der Waals surface area contributed by atoms with Gasteiger partial charge >= 0.3 is 5.97 Å². The fourth-order valence-corrected chi connectivity index (χ4v) is 9.69. The highest BCUT2D eigenvalue weighted by Gasteiger charge is 2.18. The van der Waals surface area contributed by atoms with Crippen LogP contribution in [0.4, 0.5) is 0 Å². The molecule has 0 radical (unpaired) electrons. The van der Waals surface area contributed by atoms with Gasteiger partial charge in [0.15, 0.2) is 0 Å². The molecule has 0 aromatic carbocycles. The number of carbonyl (C=O) groups excluding carboxylic acids is 2. The number of allylic oxidation sites excluding steroid dienone is 3. The molecule has 2 atom stereocenters. The SMILES string of the molecule is CCCCCCCCC/C=C\CCCCCCCCCC(=O)OCCCCCCCCCCCCCCCCCCCCCCCCCCC(=O)NC(CO)C(O)/C=C/CCCCCCCCCC. The number of nitrogens with one attached hydrogen (secondary N) is 1. The minimum atomic E-state index is -0.841. The van der Waals surface area contributed by atoms with Crippen molar-refractivity contribution in [1.29, 1.82) is 0 Å². The smallest absolute Gasteiger partial charge is 0.305 e. The summed E-state index contributed by atoms with van der Waals surface area (Å²) in [6.45, 7) is 4.90. The van der Waals surface area contributed by atoms with Crippen molar-refractivity contribution in [2.45, 2.75) is 353 Å². The monoisotopic (exact) mass is 972 g/mol. The molecule has 0 rings (SSSR count). The van der Waals surface area contributed by atoms with Crippen molar-refractivity contribution in [2.24, 2.45) is 0 Å². The summed E-state index contributed by atoms with van der Waals surface area (Å²) in [6.07, 6.45) is 72.3. The first-order valence-electron chi connectivity index (χ1n) is 31.1. The van der Waals surface area contributed by atoms with Crippen LogP contribution in [0.15, 0.2) is 24.3 Å². The van der Waals surface area contributed by atoms with Crippen molar-refractivity contribution in [2.75, 3.05) is 13.2 Å². The van der Waals surface area contributed by atoms with E-state index >= 15 is 0 Å². The van der Waals surface area contributed by atoms with Gasteiger partial charge in [0.05, 0.1) is 25.4 Å². The maximum absolute atomic E-state index is 12.4. The van der Waals surface area contributed by atoms with Crippen LogP contribution in [-0.4, -0.2) is 47.4 Å². The van der Waals surface area contributed by atoms with Crippen molar-refractivity contribution in [3.05, 3.63) is 24.3 Å². The highest BCUT2D eigenvalue weighted by atomic mass is 16.5. The Morgan fingerprint density at radius 2 is 0.681 bits per heavy atom. The molecule has 408 valence electrons. The van der Waals surface area contributed by atoms with Crippen LogP contribution in [0.5, 0.6) is 0 Å². The number of ether oxygens (including phenoxy) is 1. The van der Waals surface area contributed by atoms with Gasteiger partial charge in [-0.25, -0.2) is 0 Å². The lowest BCUT2D eigenvalue weighted by molar-refractivity contribution is -0.143. The first kappa shape index (κ1) is 67.3. The molecule has 0 aliphatic rings. The summed E-state index contributed by atoms with van der Waals surface area (Å²) in [7, 11) is 0. The van der Waals surface area contributed by atoms with Crippen LogP contribution in [0, 0.1) is 0 Å². The summed E-state index contributed by atoms with van der Waals surface area (Å²) in [5, 5.41) is 23.0. The number of amides is 1. The second kappa shape index (κ2) is 58.9.